The van der Waals surface area contributed by atoms with Gasteiger partial charge >= 0.3 is 0 Å². The van der Waals surface area contributed by atoms with E-state index in [2.05, 4.69) is 81.3 Å². The molecule has 0 bridgehead atoms. The molecule has 0 aliphatic rings. The summed E-state index contributed by atoms with van der Waals surface area (Å²) in [6, 6.07) is 8.91. The molecule has 3 nitrogen and oxygen atoms in total. The summed E-state index contributed by atoms with van der Waals surface area (Å²) in [6.45, 7) is 3.23. The molecule has 21 heavy (non-hydrogen) atoms. The average molecular weight is 411 g/mol. The van der Waals surface area contributed by atoms with Crippen LogP contribution in [-0.2, 0) is 6.42 Å². The van der Waals surface area contributed by atoms with Crippen LogP contribution in [0.1, 0.15) is 30.6 Å². The number of fused-ring (bicyclic) bond motifs is 1. The number of rotatable bonds is 6. The fourth-order valence-electron chi connectivity index (χ4n) is 2.45. The third-order valence-electron chi connectivity index (χ3n) is 3.48. The van der Waals surface area contributed by atoms with Gasteiger partial charge in [-0.2, -0.15) is 0 Å². The van der Waals surface area contributed by atoms with Gasteiger partial charge in [0, 0.05) is 33.8 Å². The third kappa shape index (κ3) is 3.46. The summed E-state index contributed by atoms with van der Waals surface area (Å²) < 4.78 is 3.41. The van der Waals surface area contributed by atoms with Gasteiger partial charge in [-0.25, -0.2) is 4.98 Å². The summed E-state index contributed by atoms with van der Waals surface area (Å²) in [4.78, 5) is 5.79. The van der Waals surface area contributed by atoms with Crippen molar-refractivity contribution in [3.05, 3.63) is 56.9 Å². The van der Waals surface area contributed by atoms with E-state index in [0.29, 0.717) is 6.04 Å². The number of halogens is 1. The van der Waals surface area contributed by atoms with Crippen LogP contribution in [0.3, 0.4) is 0 Å². The third-order valence-corrected chi connectivity index (χ3v) is 5.23. The van der Waals surface area contributed by atoms with E-state index in [1.807, 2.05) is 0 Å². The highest BCUT2D eigenvalue weighted by Gasteiger charge is 2.16. The monoisotopic (exact) mass is 411 g/mol. The number of imidazole rings is 1. The van der Waals surface area contributed by atoms with Gasteiger partial charge in [-0.3, -0.25) is 4.40 Å². The maximum atomic E-state index is 4.71. The number of thiazole rings is 1. The smallest absolute Gasteiger partial charge is 0.193 e. The van der Waals surface area contributed by atoms with Gasteiger partial charge in [-0.05, 0) is 47.2 Å². The Bertz CT molecular complexity index is 690. The molecule has 0 fully saturated rings. The van der Waals surface area contributed by atoms with E-state index in [4.69, 9.17) is 4.98 Å². The summed E-state index contributed by atoms with van der Waals surface area (Å²) in [5, 5.41) is 5.73. The average Bonchev–Trinajstić information content (AvgIpc) is 3.05. The minimum absolute atomic E-state index is 0.322. The van der Waals surface area contributed by atoms with Gasteiger partial charge < -0.3 is 5.32 Å². The first kappa shape index (κ1) is 15.0. The van der Waals surface area contributed by atoms with Gasteiger partial charge in [0.1, 0.15) is 0 Å². The van der Waals surface area contributed by atoms with Gasteiger partial charge in [-0.1, -0.05) is 25.1 Å². The minimum atomic E-state index is 0.322. The largest absolute Gasteiger partial charge is 0.310 e. The fourth-order valence-corrected chi connectivity index (χ4v) is 3.93. The lowest BCUT2D eigenvalue weighted by molar-refractivity contribution is 0.523. The molecule has 3 rings (SSSR count). The van der Waals surface area contributed by atoms with Crippen molar-refractivity contribution in [2.75, 3.05) is 6.54 Å². The second-order valence-electron chi connectivity index (χ2n) is 5.06. The van der Waals surface area contributed by atoms with Gasteiger partial charge in [0.25, 0.3) is 0 Å². The Morgan fingerprint density at radius 1 is 1.38 bits per heavy atom. The van der Waals surface area contributed by atoms with Gasteiger partial charge in [-0.15, -0.1) is 11.3 Å². The molecular weight excluding hydrogens is 393 g/mol. The van der Waals surface area contributed by atoms with E-state index < -0.39 is 0 Å². The van der Waals surface area contributed by atoms with E-state index in [0.717, 1.165) is 30.0 Å². The molecule has 0 radical (unpaired) electrons. The number of nitrogens with zero attached hydrogens (tertiary/aromatic N) is 2. The first-order valence-electron chi connectivity index (χ1n) is 7.17. The maximum Gasteiger partial charge on any atom is 0.193 e. The Hall–Kier alpha value is -0.920. The number of aromatic nitrogens is 2. The number of hydrogen-bond donors (Lipinski definition) is 1. The number of hydrogen-bond acceptors (Lipinski definition) is 3. The quantitative estimate of drug-likeness (QED) is 0.614. The molecule has 0 saturated carbocycles. The van der Waals surface area contributed by atoms with Crippen LogP contribution in [0.2, 0.25) is 0 Å². The van der Waals surface area contributed by atoms with Crippen molar-refractivity contribution in [1.29, 1.82) is 0 Å². The van der Waals surface area contributed by atoms with E-state index in [-0.39, 0.29) is 0 Å². The van der Waals surface area contributed by atoms with E-state index >= 15 is 0 Å². The zero-order valence-electron chi connectivity index (χ0n) is 11.9. The van der Waals surface area contributed by atoms with E-state index in [1.165, 1.54) is 9.13 Å². The van der Waals surface area contributed by atoms with E-state index in [1.54, 1.807) is 11.3 Å². The van der Waals surface area contributed by atoms with Crippen LogP contribution in [0.5, 0.6) is 0 Å². The van der Waals surface area contributed by atoms with Crippen LogP contribution in [0.15, 0.2) is 42.0 Å². The molecule has 3 aromatic rings. The van der Waals surface area contributed by atoms with Crippen molar-refractivity contribution in [3.8, 4) is 0 Å². The summed E-state index contributed by atoms with van der Waals surface area (Å²) in [5.74, 6) is 0. The molecule has 1 unspecified atom stereocenters. The zero-order valence-corrected chi connectivity index (χ0v) is 14.9. The van der Waals surface area contributed by atoms with Crippen molar-refractivity contribution in [2.24, 2.45) is 0 Å². The lowest BCUT2D eigenvalue weighted by Gasteiger charge is -2.19. The molecule has 0 spiro atoms. The molecule has 1 atom stereocenters. The molecule has 0 aliphatic heterocycles. The SMILES string of the molecule is CCCNC(Cc1cn2ccsc2n1)c1ccccc1I. The van der Waals surface area contributed by atoms with Crippen molar-refractivity contribution in [2.45, 2.75) is 25.8 Å². The van der Waals surface area contributed by atoms with Crippen LogP contribution in [0.25, 0.3) is 4.96 Å². The summed E-state index contributed by atoms with van der Waals surface area (Å²) >= 11 is 4.10. The maximum absolute atomic E-state index is 4.71. The highest BCUT2D eigenvalue weighted by Crippen LogP contribution is 2.24. The normalized spacial score (nSPS) is 12.9. The highest BCUT2D eigenvalue weighted by atomic mass is 127. The Labute approximate surface area is 142 Å². The topological polar surface area (TPSA) is 29.3 Å². The molecule has 2 aromatic heterocycles. The van der Waals surface area contributed by atoms with Crippen LogP contribution < -0.4 is 5.32 Å². The molecule has 1 N–H and O–H groups in total. The van der Waals surface area contributed by atoms with Gasteiger partial charge in [0.15, 0.2) is 4.96 Å². The van der Waals surface area contributed by atoms with Crippen molar-refractivity contribution in [1.82, 2.24) is 14.7 Å². The predicted octanol–water partition coefficient (Wildman–Crippen LogP) is 4.28. The Morgan fingerprint density at radius 3 is 3.00 bits per heavy atom. The van der Waals surface area contributed by atoms with Crippen molar-refractivity contribution < 1.29 is 0 Å². The van der Waals surface area contributed by atoms with Gasteiger partial charge in [0.05, 0.1) is 5.69 Å². The number of nitrogens with one attached hydrogen (secondary N) is 1. The van der Waals surface area contributed by atoms with E-state index in [9.17, 15) is 0 Å². The van der Waals surface area contributed by atoms with Crippen LogP contribution >= 0.6 is 33.9 Å². The molecule has 5 heteroatoms. The minimum Gasteiger partial charge on any atom is -0.310 e. The zero-order chi connectivity index (χ0) is 14.7. The first-order chi connectivity index (χ1) is 10.3. The van der Waals surface area contributed by atoms with Gasteiger partial charge in [0.2, 0.25) is 0 Å². The van der Waals surface area contributed by atoms with Crippen LogP contribution in [0, 0.1) is 3.57 Å². The molecule has 110 valence electrons. The second-order valence-corrected chi connectivity index (χ2v) is 7.09. The molecule has 0 aliphatic carbocycles. The van der Waals surface area contributed by atoms with Crippen LogP contribution in [0.4, 0.5) is 0 Å². The lowest BCUT2D eigenvalue weighted by Crippen LogP contribution is -2.25. The first-order valence-corrected chi connectivity index (χ1v) is 9.12. The van der Waals surface area contributed by atoms with Crippen LogP contribution in [-0.4, -0.2) is 15.9 Å². The van der Waals surface area contributed by atoms with Crippen molar-refractivity contribution >= 4 is 38.9 Å². The van der Waals surface area contributed by atoms with Crippen molar-refractivity contribution in [3.63, 3.8) is 0 Å². The fraction of sp³-hybridized carbons (Fsp3) is 0.312. The Kier molecular flexibility index (Phi) is 4.92. The lowest BCUT2D eigenvalue weighted by atomic mass is 10.0. The predicted molar refractivity (Wildman–Crippen MR) is 97.0 cm³/mol. The standard InChI is InChI=1S/C16H18IN3S/c1-2-7-18-15(13-5-3-4-6-14(13)17)10-12-11-20-8-9-21-16(20)19-12/h3-6,8-9,11,15,18H,2,7,10H2,1H3. The Morgan fingerprint density at radius 2 is 2.24 bits per heavy atom. The molecule has 2 heterocycles. The molecule has 0 saturated heterocycles. The second kappa shape index (κ2) is 6.89. The highest BCUT2D eigenvalue weighted by molar-refractivity contribution is 14.1. The number of benzene rings is 1. The molecule has 0 amide bonds. The molecular formula is C16H18IN3S. The molecule has 1 aromatic carbocycles. The Balaban J connectivity index is 1.85. The summed E-state index contributed by atoms with van der Waals surface area (Å²) in [6.07, 6.45) is 6.27. The summed E-state index contributed by atoms with van der Waals surface area (Å²) in [7, 11) is 0. The summed E-state index contributed by atoms with van der Waals surface area (Å²) in [5.41, 5.74) is 2.51.